The third-order valence-corrected chi connectivity index (χ3v) is 4.74. The van der Waals surface area contributed by atoms with Crippen molar-refractivity contribution >= 4 is 11.6 Å². The smallest absolute Gasteiger partial charge is 0.253 e. The molecule has 1 aliphatic heterocycles. The van der Waals surface area contributed by atoms with Crippen molar-refractivity contribution in [2.75, 3.05) is 18.5 Å². The average molecular weight is 275 g/mol. The summed E-state index contributed by atoms with van der Waals surface area (Å²) in [6.07, 6.45) is 3.37. The highest BCUT2D eigenvalue weighted by Gasteiger charge is 2.30. The molecule has 0 radical (unpaired) electrons. The molecule has 3 N–H and O–H groups in total. The maximum absolute atomic E-state index is 12.5. The number of benzene rings is 1. The number of carbonyl (C=O) groups excluding carboxylic acids is 1. The second-order valence-corrected chi connectivity index (χ2v) is 6.13. The Kier molecular flexibility index (Phi) is 4.33. The van der Waals surface area contributed by atoms with Gasteiger partial charge in [0.15, 0.2) is 0 Å². The Bertz CT molecular complexity index is 490. The normalized spacial score (nSPS) is 17.9. The zero-order valence-electron chi connectivity index (χ0n) is 12.7. The van der Waals surface area contributed by atoms with E-state index in [1.807, 2.05) is 30.0 Å². The number of carbonyl (C=O) groups is 1. The molecule has 0 aliphatic carbocycles. The van der Waals surface area contributed by atoms with Gasteiger partial charge in [-0.25, -0.2) is 0 Å². The maximum atomic E-state index is 12.5. The predicted molar refractivity (Wildman–Crippen MR) is 82.5 cm³/mol. The maximum Gasteiger partial charge on any atom is 0.253 e. The molecule has 20 heavy (non-hydrogen) atoms. The van der Waals surface area contributed by atoms with E-state index in [1.165, 1.54) is 6.42 Å². The number of nitrogen functional groups attached to an aromatic ring is 1. The van der Waals surface area contributed by atoms with Crippen LogP contribution in [-0.2, 0) is 0 Å². The molecule has 1 aromatic carbocycles. The minimum absolute atomic E-state index is 0.134. The first-order chi connectivity index (χ1) is 9.49. The number of aryl methyl sites for hydroxylation is 1. The van der Waals surface area contributed by atoms with E-state index in [4.69, 9.17) is 5.84 Å². The average Bonchev–Trinajstić information content (AvgIpc) is 2.47. The van der Waals surface area contributed by atoms with Crippen molar-refractivity contribution in [1.29, 1.82) is 0 Å². The lowest BCUT2D eigenvalue weighted by Crippen LogP contribution is -2.41. The van der Waals surface area contributed by atoms with Crippen LogP contribution >= 0.6 is 0 Å². The van der Waals surface area contributed by atoms with Gasteiger partial charge in [0, 0.05) is 18.7 Å². The highest BCUT2D eigenvalue weighted by molar-refractivity contribution is 5.95. The second kappa shape index (κ2) is 5.83. The number of anilines is 1. The molecule has 1 aliphatic rings. The van der Waals surface area contributed by atoms with Crippen molar-refractivity contribution in [3.8, 4) is 0 Å². The van der Waals surface area contributed by atoms with Gasteiger partial charge in [0.25, 0.3) is 5.91 Å². The number of piperidine rings is 1. The predicted octanol–water partition coefficient (Wildman–Crippen LogP) is 2.93. The molecule has 1 saturated heterocycles. The molecule has 0 bridgehead atoms. The lowest BCUT2D eigenvalue weighted by molar-refractivity contribution is 0.0600. The van der Waals surface area contributed by atoms with Crippen LogP contribution in [0.5, 0.6) is 0 Å². The van der Waals surface area contributed by atoms with Crippen molar-refractivity contribution in [2.24, 2.45) is 11.3 Å². The molecule has 0 saturated carbocycles. The van der Waals surface area contributed by atoms with Gasteiger partial charge >= 0.3 is 0 Å². The summed E-state index contributed by atoms with van der Waals surface area (Å²) >= 11 is 0. The standard InChI is InChI=1S/C16H25N3O/c1-4-16(3)7-9-19(10-8-16)15(20)13-5-6-14(18-17)12(2)11-13/h5-6,11,18H,4,7-10,17H2,1-3H3. The Labute approximate surface area is 121 Å². The molecule has 1 aromatic rings. The molecule has 110 valence electrons. The quantitative estimate of drug-likeness (QED) is 0.658. The van der Waals surface area contributed by atoms with Gasteiger partial charge in [0.2, 0.25) is 0 Å². The first kappa shape index (κ1) is 14.9. The zero-order chi connectivity index (χ0) is 14.8. The van der Waals surface area contributed by atoms with E-state index >= 15 is 0 Å². The van der Waals surface area contributed by atoms with Crippen molar-refractivity contribution in [3.05, 3.63) is 29.3 Å². The third kappa shape index (κ3) is 2.96. The van der Waals surface area contributed by atoms with Crippen LogP contribution in [0.1, 0.15) is 49.0 Å². The van der Waals surface area contributed by atoms with Gasteiger partial charge < -0.3 is 10.3 Å². The van der Waals surface area contributed by atoms with Crippen LogP contribution in [0.15, 0.2) is 18.2 Å². The van der Waals surface area contributed by atoms with Crippen molar-refractivity contribution in [3.63, 3.8) is 0 Å². The van der Waals surface area contributed by atoms with Gasteiger partial charge in [-0.1, -0.05) is 20.3 Å². The summed E-state index contributed by atoms with van der Waals surface area (Å²) < 4.78 is 0. The SMILES string of the molecule is CCC1(C)CCN(C(=O)c2ccc(NN)c(C)c2)CC1. The number of nitrogens with one attached hydrogen (secondary N) is 1. The van der Waals surface area contributed by atoms with Crippen LogP contribution in [0.4, 0.5) is 5.69 Å². The van der Waals surface area contributed by atoms with E-state index < -0.39 is 0 Å². The Balaban J connectivity index is 2.07. The molecule has 1 fully saturated rings. The molecule has 1 amide bonds. The van der Waals surface area contributed by atoms with Crippen molar-refractivity contribution in [1.82, 2.24) is 4.90 Å². The fourth-order valence-corrected chi connectivity index (χ4v) is 2.74. The largest absolute Gasteiger partial charge is 0.339 e. The lowest BCUT2D eigenvalue weighted by atomic mass is 9.78. The third-order valence-electron chi connectivity index (χ3n) is 4.74. The van der Waals surface area contributed by atoms with E-state index in [0.29, 0.717) is 5.41 Å². The topological polar surface area (TPSA) is 58.4 Å². The highest BCUT2D eigenvalue weighted by Crippen LogP contribution is 2.34. The summed E-state index contributed by atoms with van der Waals surface area (Å²) in [5, 5.41) is 0. The molecule has 1 heterocycles. The van der Waals surface area contributed by atoms with Crippen LogP contribution in [0.3, 0.4) is 0 Å². The van der Waals surface area contributed by atoms with Gasteiger partial charge in [-0.3, -0.25) is 10.6 Å². The van der Waals surface area contributed by atoms with E-state index in [9.17, 15) is 4.79 Å². The molecule has 2 rings (SSSR count). The number of hydrazine groups is 1. The zero-order valence-corrected chi connectivity index (χ0v) is 12.7. The van der Waals surface area contributed by atoms with Crippen LogP contribution < -0.4 is 11.3 Å². The number of amides is 1. The second-order valence-electron chi connectivity index (χ2n) is 6.13. The van der Waals surface area contributed by atoms with E-state index in [0.717, 1.165) is 42.7 Å². The van der Waals surface area contributed by atoms with Crippen LogP contribution in [0.25, 0.3) is 0 Å². The van der Waals surface area contributed by atoms with Crippen molar-refractivity contribution < 1.29 is 4.79 Å². The molecule has 0 atom stereocenters. The fourth-order valence-electron chi connectivity index (χ4n) is 2.74. The summed E-state index contributed by atoms with van der Waals surface area (Å²) in [5.41, 5.74) is 5.64. The number of hydrogen-bond acceptors (Lipinski definition) is 3. The Morgan fingerprint density at radius 2 is 2.05 bits per heavy atom. The highest BCUT2D eigenvalue weighted by atomic mass is 16.2. The Hall–Kier alpha value is -1.55. The van der Waals surface area contributed by atoms with E-state index in [-0.39, 0.29) is 5.91 Å². The molecular formula is C16H25N3O. The summed E-state index contributed by atoms with van der Waals surface area (Å²) in [6.45, 7) is 8.23. The summed E-state index contributed by atoms with van der Waals surface area (Å²) in [5.74, 6) is 5.55. The molecular weight excluding hydrogens is 250 g/mol. The van der Waals surface area contributed by atoms with Gasteiger partial charge in [-0.15, -0.1) is 0 Å². The van der Waals surface area contributed by atoms with Crippen molar-refractivity contribution in [2.45, 2.75) is 40.0 Å². The first-order valence-corrected chi connectivity index (χ1v) is 7.35. The van der Waals surface area contributed by atoms with E-state index in [2.05, 4.69) is 19.3 Å². The number of nitrogens with two attached hydrogens (primary N) is 1. The molecule has 0 aromatic heterocycles. The number of rotatable bonds is 3. The van der Waals surface area contributed by atoms with Gasteiger partial charge in [0.1, 0.15) is 0 Å². The Morgan fingerprint density at radius 1 is 1.40 bits per heavy atom. The first-order valence-electron chi connectivity index (χ1n) is 7.35. The summed E-state index contributed by atoms with van der Waals surface area (Å²) in [7, 11) is 0. The lowest BCUT2D eigenvalue weighted by Gasteiger charge is -2.39. The summed E-state index contributed by atoms with van der Waals surface area (Å²) in [6, 6.07) is 5.62. The van der Waals surface area contributed by atoms with Crippen LogP contribution in [-0.4, -0.2) is 23.9 Å². The van der Waals surface area contributed by atoms with Gasteiger partial charge in [0.05, 0.1) is 5.69 Å². The monoisotopic (exact) mass is 275 g/mol. The minimum Gasteiger partial charge on any atom is -0.339 e. The van der Waals surface area contributed by atoms with Gasteiger partial charge in [-0.2, -0.15) is 0 Å². The number of likely N-dealkylation sites (tertiary alicyclic amines) is 1. The fraction of sp³-hybridized carbons (Fsp3) is 0.562. The van der Waals surface area contributed by atoms with Gasteiger partial charge in [-0.05, 0) is 48.9 Å². The molecule has 0 unspecified atom stereocenters. The Morgan fingerprint density at radius 3 is 2.55 bits per heavy atom. The molecule has 4 nitrogen and oxygen atoms in total. The van der Waals surface area contributed by atoms with E-state index in [1.54, 1.807) is 0 Å². The summed E-state index contributed by atoms with van der Waals surface area (Å²) in [4.78, 5) is 14.5. The van der Waals surface area contributed by atoms with Crippen LogP contribution in [0.2, 0.25) is 0 Å². The number of nitrogens with zero attached hydrogens (tertiary/aromatic N) is 1. The van der Waals surface area contributed by atoms with Crippen LogP contribution in [0, 0.1) is 12.3 Å². The number of hydrogen-bond donors (Lipinski definition) is 2. The minimum atomic E-state index is 0.134. The molecule has 4 heteroatoms. The molecule has 0 spiro atoms.